The Hall–Kier alpha value is -1.92. The lowest BCUT2D eigenvalue weighted by Crippen LogP contribution is -2.50. The van der Waals surface area contributed by atoms with Gasteiger partial charge in [0.25, 0.3) is 6.10 Å². The smallest absolute Gasteiger partial charge is 0.426 e. The molecule has 4 saturated heterocycles. The lowest BCUT2D eigenvalue weighted by atomic mass is 10.0. The van der Waals surface area contributed by atoms with Crippen LogP contribution >= 0.6 is 11.6 Å². The van der Waals surface area contributed by atoms with Crippen molar-refractivity contribution in [2.45, 2.75) is 43.9 Å². The number of rotatable bonds is 4. The molecule has 4 heterocycles. The molecule has 0 spiro atoms. The van der Waals surface area contributed by atoms with Gasteiger partial charge in [-0.3, -0.25) is 9.80 Å². The van der Waals surface area contributed by atoms with Crippen molar-refractivity contribution in [1.29, 1.82) is 0 Å². The topological polar surface area (TPSA) is 39.3 Å². The molecule has 6 nitrogen and oxygen atoms in total. The maximum absolute atomic E-state index is 12.8. The molecule has 4 aliphatic rings. The van der Waals surface area contributed by atoms with Gasteiger partial charge in [-0.15, -0.1) is 0 Å². The van der Waals surface area contributed by atoms with Gasteiger partial charge in [-0.25, -0.2) is 4.79 Å². The van der Waals surface area contributed by atoms with Crippen LogP contribution in [0.2, 0.25) is 5.02 Å². The minimum absolute atomic E-state index is 0.0412. The maximum atomic E-state index is 12.8. The van der Waals surface area contributed by atoms with E-state index in [1.807, 2.05) is 18.2 Å². The lowest BCUT2D eigenvalue weighted by Gasteiger charge is -2.40. The van der Waals surface area contributed by atoms with Gasteiger partial charge in [0.15, 0.2) is 0 Å². The van der Waals surface area contributed by atoms with Gasteiger partial charge in [-0.05, 0) is 48.9 Å². The standard InChI is InChI=1S/C24H29ClF6N4O2/c25-18-4-3-15(20(8-18)34-7-6-33-5-1-2-19(33)14-34)9-32-10-16-12-35(13-17(16)11-32)22(36)37-21(23(26,27)28)24(29,30)31/h3-4,8,16-17,19,21H,1-2,5-7,9-14H2. The molecule has 1 aromatic rings. The highest BCUT2D eigenvalue weighted by Gasteiger charge is 2.60. The number of likely N-dealkylation sites (tertiary alicyclic amines) is 2. The summed E-state index contributed by atoms with van der Waals surface area (Å²) in [7, 11) is 0. The molecule has 0 N–H and O–H groups in total. The molecule has 3 atom stereocenters. The summed E-state index contributed by atoms with van der Waals surface area (Å²) < 4.78 is 80.5. The Bertz CT molecular complexity index is 980. The van der Waals surface area contributed by atoms with Gasteiger partial charge in [0.05, 0.1) is 0 Å². The molecular formula is C24H29ClF6N4O2. The number of piperazine rings is 1. The molecule has 1 aromatic carbocycles. The highest BCUT2D eigenvalue weighted by Crippen LogP contribution is 2.38. The van der Waals surface area contributed by atoms with Crippen molar-refractivity contribution in [3.63, 3.8) is 0 Å². The first kappa shape index (κ1) is 26.7. The van der Waals surface area contributed by atoms with Gasteiger partial charge < -0.3 is 14.5 Å². The van der Waals surface area contributed by atoms with Gasteiger partial charge in [-0.1, -0.05) is 17.7 Å². The summed E-state index contributed by atoms with van der Waals surface area (Å²) >= 11 is 6.34. The van der Waals surface area contributed by atoms with Crippen LogP contribution in [0.3, 0.4) is 0 Å². The number of carbonyl (C=O) groups is 1. The number of amides is 1. The number of nitrogens with zero attached hydrogens (tertiary/aromatic N) is 4. The number of carbonyl (C=O) groups excluding carboxylic acids is 1. The van der Waals surface area contributed by atoms with Crippen LogP contribution in [0.5, 0.6) is 0 Å². The molecule has 3 unspecified atom stereocenters. The van der Waals surface area contributed by atoms with E-state index >= 15 is 0 Å². The molecule has 37 heavy (non-hydrogen) atoms. The Labute approximate surface area is 216 Å². The first-order valence-electron chi connectivity index (χ1n) is 12.5. The van der Waals surface area contributed by atoms with Gasteiger partial charge >= 0.3 is 18.4 Å². The SMILES string of the molecule is O=C(OC(C(F)(F)F)C(F)(F)F)N1CC2CN(Cc3ccc(Cl)cc3N3CCN4CCCC4C3)CC2C1. The molecule has 0 bridgehead atoms. The number of fused-ring (bicyclic) bond motifs is 2. The molecule has 4 fully saturated rings. The Balaban J connectivity index is 1.19. The predicted molar refractivity (Wildman–Crippen MR) is 124 cm³/mol. The lowest BCUT2D eigenvalue weighted by molar-refractivity contribution is -0.308. The molecule has 5 rings (SSSR count). The summed E-state index contributed by atoms with van der Waals surface area (Å²) in [6, 6.07) is 6.42. The summed E-state index contributed by atoms with van der Waals surface area (Å²) in [6.07, 6.45) is -14.7. The molecule has 0 aliphatic carbocycles. The highest BCUT2D eigenvalue weighted by atomic mass is 35.5. The maximum Gasteiger partial charge on any atom is 0.434 e. The number of halogens is 7. The third kappa shape index (κ3) is 5.75. The third-order valence-corrected chi connectivity index (χ3v) is 8.24. The number of anilines is 1. The number of benzene rings is 1. The van der Waals surface area contributed by atoms with E-state index in [0.29, 0.717) is 30.7 Å². The van der Waals surface area contributed by atoms with Crippen molar-refractivity contribution in [2.24, 2.45) is 11.8 Å². The fraction of sp³-hybridized carbons (Fsp3) is 0.708. The van der Waals surface area contributed by atoms with Crippen LogP contribution < -0.4 is 4.90 Å². The van der Waals surface area contributed by atoms with E-state index < -0.39 is 24.5 Å². The largest absolute Gasteiger partial charge is 0.434 e. The molecule has 4 aliphatic heterocycles. The second-order valence-corrected chi connectivity index (χ2v) is 11.0. The number of hydrogen-bond acceptors (Lipinski definition) is 5. The predicted octanol–water partition coefficient (Wildman–Crippen LogP) is 4.62. The second kappa shape index (κ2) is 10.00. The van der Waals surface area contributed by atoms with E-state index in [2.05, 4.69) is 19.4 Å². The van der Waals surface area contributed by atoms with Crippen molar-refractivity contribution in [2.75, 3.05) is 57.3 Å². The molecule has 206 valence electrons. The molecular weight excluding hydrogens is 526 g/mol. The van der Waals surface area contributed by atoms with E-state index in [1.165, 1.54) is 12.8 Å². The first-order chi connectivity index (χ1) is 17.4. The number of ether oxygens (including phenoxy) is 1. The van der Waals surface area contributed by atoms with Crippen molar-refractivity contribution >= 4 is 23.4 Å². The van der Waals surface area contributed by atoms with E-state index in [4.69, 9.17) is 11.6 Å². The minimum Gasteiger partial charge on any atom is -0.426 e. The highest BCUT2D eigenvalue weighted by molar-refractivity contribution is 6.30. The van der Waals surface area contributed by atoms with E-state index in [0.717, 1.165) is 42.3 Å². The average Bonchev–Trinajstić information content (AvgIpc) is 3.51. The van der Waals surface area contributed by atoms with Crippen molar-refractivity contribution in [3.05, 3.63) is 28.8 Å². The Kier molecular flexibility index (Phi) is 7.21. The number of alkyl halides is 6. The van der Waals surface area contributed by atoms with Crippen LogP contribution in [-0.4, -0.2) is 97.6 Å². The normalized spacial score (nSPS) is 27.2. The van der Waals surface area contributed by atoms with Crippen LogP contribution in [0.4, 0.5) is 36.8 Å². The number of hydrogen-bond donors (Lipinski definition) is 0. The summed E-state index contributed by atoms with van der Waals surface area (Å²) in [4.78, 5) is 20.3. The molecule has 1 amide bonds. The Morgan fingerprint density at radius 3 is 2.30 bits per heavy atom. The van der Waals surface area contributed by atoms with Crippen LogP contribution in [0.25, 0.3) is 0 Å². The second-order valence-electron chi connectivity index (χ2n) is 10.5. The minimum atomic E-state index is -5.72. The monoisotopic (exact) mass is 554 g/mol. The Morgan fingerprint density at radius 2 is 1.65 bits per heavy atom. The summed E-state index contributed by atoms with van der Waals surface area (Å²) in [5, 5.41) is 0.663. The Morgan fingerprint density at radius 1 is 0.973 bits per heavy atom. The van der Waals surface area contributed by atoms with Crippen LogP contribution in [0.1, 0.15) is 18.4 Å². The summed E-state index contributed by atoms with van der Waals surface area (Å²) in [6.45, 7) is 6.01. The van der Waals surface area contributed by atoms with Crippen LogP contribution in [-0.2, 0) is 11.3 Å². The first-order valence-corrected chi connectivity index (χ1v) is 12.8. The molecule has 13 heteroatoms. The quantitative estimate of drug-likeness (QED) is 0.508. The van der Waals surface area contributed by atoms with Crippen LogP contribution in [0, 0.1) is 11.8 Å². The average molecular weight is 555 g/mol. The van der Waals surface area contributed by atoms with Crippen molar-refractivity contribution < 1.29 is 35.9 Å². The van der Waals surface area contributed by atoms with Gasteiger partial charge in [-0.2, -0.15) is 26.3 Å². The third-order valence-electron chi connectivity index (χ3n) is 8.00. The zero-order chi connectivity index (χ0) is 26.5. The fourth-order valence-corrected chi connectivity index (χ4v) is 6.45. The van der Waals surface area contributed by atoms with Gasteiger partial charge in [0.1, 0.15) is 0 Å². The van der Waals surface area contributed by atoms with E-state index in [9.17, 15) is 31.1 Å². The fourth-order valence-electron chi connectivity index (χ4n) is 6.28. The van der Waals surface area contributed by atoms with Gasteiger partial charge in [0.2, 0.25) is 0 Å². The van der Waals surface area contributed by atoms with Crippen molar-refractivity contribution in [1.82, 2.24) is 14.7 Å². The molecule has 0 radical (unpaired) electrons. The molecule has 0 aromatic heterocycles. The zero-order valence-corrected chi connectivity index (χ0v) is 20.8. The molecule has 0 saturated carbocycles. The van der Waals surface area contributed by atoms with Crippen LogP contribution in [0.15, 0.2) is 18.2 Å². The zero-order valence-electron chi connectivity index (χ0n) is 20.1. The van der Waals surface area contributed by atoms with E-state index in [-0.39, 0.29) is 24.9 Å². The van der Waals surface area contributed by atoms with E-state index in [1.54, 1.807) is 0 Å². The van der Waals surface area contributed by atoms with Gasteiger partial charge in [0, 0.05) is 69.1 Å². The summed E-state index contributed by atoms with van der Waals surface area (Å²) in [5.41, 5.74) is 2.23. The van der Waals surface area contributed by atoms with Crippen molar-refractivity contribution in [3.8, 4) is 0 Å². The summed E-state index contributed by atoms with van der Waals surface area (Å²) in [5.74, 6) is -0.0823.